The number of halogens is 1. The standard InChI is InChI=1S/C19H16FN3O5/c20-12-5-7-13(8-6-12)21-16(25)11-28-19(27)17-14-3-1-2-4-15(14)18(26)23(22-17)9-10-24/h1-8,24H,9-11H2,(H,21,25). The van der Waals surface area contributed by atoms with Gasteiger partial charge >= 0.3 is 5.97 Å². The average molecular weight is 385 g/mol. The lowest BCUT2D eigenvalue weighted by Crippen LogP contribution is -2.28. The van der Waals surface area contributed by atoms with Crippen molar-refractivity contribution in [2.45, 2.75) is 6.54 Å². The second-order valence-corrected chi connectivity index (χ2v) is 5.78. The summed E-state index contributed by atoms with van der Waals surface area (Å²) in [5.41, 5.74) is -0.240. The number of hydrogen-bond donors (Lipinski definition) is 2. The van der Waals surface area contributed by atoms with Gasteiger partial charge in [0.05, 0.1) is 18.5 Å². The van der Waals surface area contributed by atoms with Crippen molar-refractivity contribution in [3.8, 4) is 0 Å². The SMILES string of the molecule is O=C(COC(=O)c1nn(CCO)c(=O)c2ccccc12)Nc1ccc(F)cc1. The molecule has 144 valence electrons. The van der Waals surface area contributed by atoms with Gasteiger partial charge < -0.3 is 15.2 Å². The number of carbonyl (C=O) groups excluding carboxylic acids is 2. The lowest BCUT2D eigenvalue weighted by atomic mass is 10.1. The van der Waals surface area contributed by atoms with Gasteiger partial charge in [0.1, 0.15) is 5.82 Å². The van der Waals surface area contributed by atoms with Gasteiger partial charge in [-0.2, -0.15) is 5.10 Å². The van der Waals surface area contributed by atoms with E-state index < -0.39 is 29.9 Å². The number of anilines is 1. The Bertz CT molecular complexity index is 1080. The number of benzene rings is 2. The maximum atomic E-state index is 12.9. The smallest absolute Gasteiger partial charge is 0.359 e. The molecule has 0 saturated heterocycles. The number of aliphatic hydroxyl groups is 1. The zero-order valence-corrected chi connectivity index (χ0v) is 14.6. The number of ether oxygens (including phenoxy) is 1. The van der Waals surface area contributed by atoms with Crippen molar-refractivity contribution in [2.24, 2.45) is 0 Å². The van der Waals surface area contributed by atoms with E-state index in [0.717, 1.165) is 4.68 Å². The summed E-state index contributed by atoms with van der Waals surface area (Å²) in [6, 6.07) is 11.5. The molecule has 0 aliphatic rings. The number of rotatable bonds is 6. The molecule has 0 spiro atoms. The van der Waals surface area contributed by atoms with Gasteiger partial charge in [0.25, 0.3) is 11.5 Å². The Labute approximate surface area is 158 Å². The van der Waals surface area contributed by atoms with Gasteiger partial charge in [-0.15, -0.1) is 0 Å². The van der Waals surface area contributed by atoms with Crippen LogP contribution in [0.15, 0.2) is 53.3 Å². The summed E-state index contributed by atoms with van der Waals surface area (Å²) >= 11 is 0. The minimum absolute atomic E-state index is 0.0883. The van der Waals surface area contributed by atoms with Gasteiger partial charge in [0.15, 0.2) is 12.3 Å². The number of fused-ring (bicyclic) bond motifs is 1. The second kappa shape index (κ2) is 8.40. The molecule has 8 nitrogen and oxygen atoms in total. The molecule has 0 bridgehead atoms. The van der Waals surface area contributed by atoms with Gasteiger partial charge in [0.2, 0.25) is 0 Å². The third-order valence-electron chi connectivity index (χ3n) is 3.84. The molecule has 0 aliphatic heterocycles. The molecule has 0 unspecified atom stereocenters. The van der Waals surface area contributed by atoms with E-state index in [-0.39, 0.29) is 29.6 Å². The average Bonchev–Trinajstić information content (AvgIpc) is 2.70. The molecule has 9 heteroatoms. The summed E-state index contributed by atoms with van der Waals surface area (Å²) in [6.45, 7) is -1.01. The quantitative estimate of drug-likeness (QED) is 0.620. The molecule has 1 amide bonds. The highest BCUT2D eigenvalue weighted by molar-refractivity contribution is 6.03. The highest BCUT2D eigenvalue weighted by Gasteiger charge is 2.19. The summed E-state index contributed by atoms with van der Waals surface area (Å²) < 4.78 is 18.9. The summed E-state index contributed by atoms with van der Waals surface area (Å²) in [4.78, 5) is 36.7. The van der Waals surface area contributed by atoms with E-state index in [1.54, 1.807) is 18.2 Å². The van der Waals surface area contributed by atoms with E-state index >= 15 is 0 Å². The highest BCUT2D eigenvalue weighted by Crippen LogP contribution is 2.14. The number of aromatic nitrogens is 2. The molecule has 2 N–H and O–H groups in total. The van der Waals surface area contributed by atoms with Crippen LogP contribution in [0.1, 0.15) is 10.5 Å². The molecule has 0 atom stereocenters. The molecule has 0 saturated carbocycles. The van der Waals surface area contributed by atoms with Gasteiger partial charge in [-0.25, -0.2) is 13.9 Å². The van der Waals surface area contributed by atoms with Crippen LogP contribution >= 0.6 is 0 Å². The lowest BCUT2D eigenvalue weighted by molar-refractivity contribution is -0.119. The van der Waals surface area contributed by atoms with Crippen molar-refractivity contribution in [3.05, 3.63) is 70.4 Å². The van der Waals surface area contributed by atoms with Crippen LogP contribution in [-0.4, -0.2) is 40.0 Å². The Kier molecular flexibility index (Phi) is 5.75. The largest absolute Gasteiger partial charge is 0.451 e. The third-order valence-corrected chi connectivity index (χ3v) is 3.84. The summed E-state index contributed by atoms with van der Waals surface area (Å²) in [5, 5.41) is 16.0. The summed E-state index contributed by atoms with van der Waals surface area (Å²) in [6.07, 6.45) is 0. The Morgan fingerprint density at radius 1 is 1.11 bits per heavy atom. The molecule has 1 heterocycles. The van der Waals surface area contributed by atoms with Crippen LogP contribution in [0.5, 0.6) is 0 Å². The van der Waals surface area contributed by atoms with Crippen LogP contribution < -0.4 is 10.9 Å². The molecular weight excluding hydrogens is 369 g/mol. The first kappa shape index (κ1) is 19.2. The lowest BCUT2D eigenvalue weighted by Gasteiger charge is -2.10. The molecule has 28 heavy (non-hydrogen) atoms. The Balaban J connectivity index is 1.77. The maximum absolute atomic E-state index is 12.9. The van der Waals surface area contributed by atoms with E-state index in [2.05, 4.69) is 10.4 Å². The minimum Gasteiger partial charge on any atom is -0.451 e. The maximum Gasteiger partial charge on any atom is 0.359 e. The molecule has 2 aromatic carbocycles. The number of hydrogen-bond acceptors (Lipinski definition) is 6. The van der Waals surface area contributed by atoms with Crippen molar-refractivity contribution in [3.63, 3.8) is 0 Å². The number of nitrogens with zero attached hydrogens (tertiary/aromatic N) is 2. The molecule has 0 aliphatic carbocycles. The Morgan fingerprint density at radius 3 is 2.46 bits per heavy atom. The van der Waals surface area contributed by atoms with Gasteiger partial charge in [-0.05, 0) is 30.3 Å². The summed E-state index contributed by atoms with van der Waals surface area (Å²) in [7, 11) is 0. The number of carbonyl (C=O) groups is 2. The zero-order valence-electron chi connectivity index (χ0n) is 14.6. The topological polar surface area (TPSA) is 111 Å². The van der Waals surface area contributed by atoms with Crippen molar-refractivity contribution in [2.75, 3.05) is 18.5 Å². The number of nitrogens with one attached hydrogen (secondary N) is 1. The zero-order chi connectivity index (χ0) is 20.1. The van der Waals surface area contributed by atoms with E-state index in [1.165, 1.54) is 30.3 Å². The fraction of sp³-hybridized carbons (Fsp3) is 0.158. The number of amides is 1. The van der Waals surface area contributed by atoms with Crippen LogP contribution in [0.25, 0.3) is 10.8 Å². The number of esters is 1. The van der Waals surface area contributed by atoms with Gasteiger partial charge in [-0.1, -0.05) is 18.2 Å². The van der Waals surface area contributed by atoms with E-state index in [4.69, 9.17) is 9.84 Å². The van der Waals surface area contributed by atoms with E-state index in [9.17, 15) is 18.8 Å². The third kappa shape index (κ3) is 4.21. The Hall–Kier alpha value is -3.59. The van der Waals surface area contributed by atoms with Crippen molar-refractivity contribution in [1.29, 1.82) is 0 Å². The minimum atomic E-state index is -0.892. The van der Waals surface area contributed by atoms with Gasteiger partial charge in [0, 0.05) is 11.1 Å². The monoisotopic (exact) mass is 385 g/mol. The molecule has 0 radical (unpaired) electrons. The first-order valence-electron chi connectivity index (χ1n) is 8.33. The van der Waals surface area contributed by atoms with Gasteiger partial charge in [-0.3, -0.25) is 9.59 Å². The molecule has 3 aromatic rings. The van der Waals surface area contributed by atoms with E-state index in [0.29, 0.717) is 5.69 Å². The van der Waals surface area contributed by atoms with Crippen molar-refractivity contribution >= 4 is 28.3 Å². The Morgan fingerprint density at radius 2 is 1.79 bits per heavy atom. The second-order valence-electron chi connectivity index (χ2n) is 5.78. The predicted molar refractivity (Wildman–Crippen MR) is 98.4 cm³/mol. The van der Waals surface area contributed by atoms with Crippen LogP contribution in [0.3, 0.4) is 0 Å². The molecule has 1 aromatic heterocycles. The highest BCUT2D eigenvalue weighted by atomic mass is 19.1. The number of aliphatic hydroxyl groups excluding tert-OH is 1. The first-order valence-corrected chi connectivity index (χ1v) is 8.33. The van der Waals surface area contributed by atoms with Crippen molar-refractivity contribution < 1.29 is 23.8 Å². The van der Waals surface area contributed by atoms with E-state index in [1.807, 2.05) is 0 Å². The fourth-order valence-corrected chi connectivity index (χ4v) is 2.56. The first-order chi connectivity index (χ1) is 13.5. The van der Waals surface area contributed by atoms with Crippen molar-refractivity contribution in [1.82, 2.24) is 9.78 Å². The van der Waals surface area contributed by atoms with Crippen LogP contribution in [0.4, 0.5) is 10.1 Å². The van der Waals surface area contributed by atoms with Crippen LogP contribution in [-0.2, 0) is 16.1 Å². The van der Waals surface area contributed by atoms with Crippen LogP contribution in [0.2, 0.25) is 0 Å². The normalized spacial score (nSPS) is 10.6. The molecular formula is C19H16FN3O5. The predicted octanol–water partition coefficient (Wildman–Crippen LogP) is 1.32. The fourth-order valence-electron chi connectivity index (χ4n) is 2.56. The molecule has 0 fully saturated rings. The molecule has 3 rings (SSSR count). The summed E-state index contributed by atoms with van der Waals surface area (Å²) in [5.74, 6) is -1.95. The van der Waals surface area contributed by atoms with Crippen LogP contribution in [0, 0.1) is 5.82 Å².